The third-order valence-corrected chi connectivity index (χ3v) is 3.52. The molecule has 0 amide bonds. The number of methoxy groups -OCH3 is 1. The van der Waals surface area contributed by atoms with Gasteiger partial charge in [-0.2, -0.15) is 0 Å². The second-order valence-corrected chi connectivity index (χ2v) is 5.42. The molecule has 3 N–H and O–H groups in total. The Labute approximate surface area is 137 Å². The number of hydrogen-bond acceptors (Lipinski definition) is 4. The van der Waals surface area contributed by atoms with Crippen LogP contribution in [0.3, 0.4) is 0 Å². The number of benzene rings is 2. The van der Waals surface area contributed by atoms with E-state index in [1.807, 2.05) is 24.3 Å². The van der Waals surface area contributed by atoms with Gasteiger partial charge in [0.1, 0.15) is 0 Å². The summed E-state index contributed by atoms with van der Waals surface area (Å²) in [6.45, 7) is 0.565. The van der Waals surface area contributed by atoms with E-state index in [0.29, 0.717) is 17.7 Å². The average Bonchev–Trinajstić information content (AvgIpc) is 2.51. The Morgan fingerprint density at radius 1 is 1.14 bits per heavy atom. The molecule has 0 heterocycles. The predicted molar refractivity (Wildman–Crippen MR) is 88.1 cm³/mol. The summed E-state index contributed by atoms with van der Waals surface area (Å²) in [6, 6.07) is 12.3. The molecule has 0 spiro atoms. The van der Waals surface area contributed by atoms with Crippen molar-refractivity contribution in [2.75, 3.05) is 19.0 Å². The average molecular weight is 364 g/mol. The number of anilines is 1. The van der Waals surface area contributed by atoms with Crippen LogP contribution in [0.5, 0.6) is 17.2 Å². The number of phenols is 2. The molecule has 0 aliphatic rings. The quantitative estimate of drug-likeness (QED) is 0.329. The molecule has 0 aromatic heterocycles. The second kappa shape index (κ2) is 7.73. The molecule has 5 nitrogen and oxygen atoms in total. The van der Waals surface area contributed by atoms with Gasteiger partial charge in [-0.05, 0) is 0 Å². The normalized spacial score (nSPS) is 11.2. The van der Waals surface area contributed by atoms with Gasteiger partial charge in [0.15, 0.2) is 0 Å². The summed E-state index contributed by atoms with van der Waals surface area (Å²) in [4.78, 5) is 4.38. The minimum atomic E-state index is -0.113. The molecule has 0 aliphatic heterocycles. The number of hydrogen-bond donors (Lipinski definition) is 3. The summed E-state index contributed by atoms with van der Waals surface area (Å²) in [6.07, 6.45) is 0.670. The van der Waals surface area contributed by atoms with Gasteiger partial charge in [-0.3, -0.25) is 0 Å². The van der Waals surface area contributed by atoms with E-state index < -0.39 is 0 Å². The Balaban J connectivity index is 1.87. The summed E-state index contributed by atoms with van der Waals surface area (Å²) < 4.78 is 5.79. The zero-order valence-electron chi connectivity index (χ0n) is 12.1. The van der Waals surface area contributed by atoms with Crippen LogP contribution in [0.4, 0.5) is 5.69 Å². The molecular formula is C16H17N2O3Se. The Kier molecular flexibility index (Phi) is 5.69. The summed E-state index contributed by atoms with van der Waals surface area (Å²) in [5, 5.41) is 21.8. The van der Waals surface area contributed by atoms with Crippen molar-refractivity contribution in [2.24, 2.45) is 4.99 Å². The van der Waals surface area contributed by atoms with Gasteiger partial charge in [0.2, 0.25) is 0 Å². The van der Waals surface area contributed by atoms with Gasteiger partial charge < -0.3 is 0 Å². The number of ether oxygens (including phenoxy) is 1. The van der Waals surface area contributed by atoms with E-state index >= 15 is 0 Å². The Bertz CT molecular complexity index is 657. The van der Waals surface area contributed by atoms with Gasteiger partial charge in [-0.25, -0.2) is 0 Å². The van der Waals surface area contributed by atoms with Crippen molar-refractivity contribution in [1.82, 2.24) is 0 Å². The van der Waals surface area contributed by atoms with E-state index in [1.54, 1.807) is 19.2 Å². The molecule has 2 aromatic rings. The number of rotatable bonds is 5. The number of nitrogens with zero attached hydrogens (tertiary/aromatic N) is 1. The third-order valence-electron chi connectivity index (χ3n) is 3.04. The van der Waals surface area contributed by atoms with Crippen molar-refractivity contribution >= 4 is 26.4 Å². The zero-order valence-corrected chi connectivity index (χ0v) is 13.8. The number of phenolic OH excluding ortho intramolecular Hbond substituents is 2. The van der Waals surface area contributed by atoms with Gasteiger partial charge in [-0.1, -0.05) is 0 Å². The number of amidine groups is 1. The molecule has 0 saturated heterocycles. The number of aliphatic imine (C=N–C) groups is 1. The summed E-state index contributed by atoms with van der Waals surface area (Å²) >= 11 is 2.88. The van der Waals surface area contributed by atoms with Crippen LogP contribution in [-0.4, -0.2) is 44.6 Å². The van der Waals surface area contributed by atoms with Crippen LogP contribution < -0.4 is 10.1 Å². The zero-order chi connectivity index (χ0) is 15.9. The topological polar surface area (TPSA) is 74.1 Å². The molecule has 1 radical (unpaired) electrons. The van der Waals surface area contributed by atoms with Crippen molar-refractivity contribution in [1.29, 1.82) is 0 Å². The van der Waals surface area contributed by atoms with Crippen LogP contribution >= 0.6 is 0 Å². The molecule has 6 heteroatoms. The minimum absolute atomic E-state index is 0.110. The van der Waals surface area contributed by atoms with Crippen molar-refractivity contribution in [3.8, 4) is 17.2 Å². The molecule has 22 heavy (non-hydrogen) atoms. The summed E-state index contributed by atoms with van der Waals surface area (Å²) in [7, 11) is 1.63. The van der Waals surface area contributed by atoms with E-state index in [-0.39, 0.29) is 11.5 Å². The van der Waals surface area contributed by atoms with Crippen molar-refractivity contribution in [3.63, 3.8) is 0 Å². The number of aromatic hydroxyl groups is 2. The monoisotopic (exact) mass is 365 g/mol. The van der Waals surface area contributed by atoms with E-state index in [4.69, 9.17) is 4.74 Å². The van der Waals surface area contributed by atoms with E-state index in [2.05, 4.69) is 26.3 Å². The van der Waals surface area contributed by atoms with Crippen LogP contribution in [0.25, 0.3) is 0 Å². The van der Waals surface area contributed by atoms with Crippen LogP contribution in [0.2, 0.25) is 0 Å². The molecule has 0 atom stereocenters. The SMILES string of the molecule is COc1ccc(NC([Se])=NCCc2ccc(O)c(O)c2)cc1. The molecule has 2 rings (SSSR count). The fourth-order valence-electron chi connectivity index (χ4n) is 1.85. The van der Waals surface area contributed by atoms with Crippen LogP contribution in [-0.2, 0) is 6.42 Å². The molecule has 0 bridgehead atoms. The molecule has 0 fully saturated rings. The van der Waals surface area contributed by atoms with E-state index in [0.717, 1.165) is 17.0 Å². The van der Waals surface area contributed by atoms with Gasteiger partial charge in [0.25, 0.3) is 0 Å². The molecule has 115 valence electrons. The predicted octanol–water partition coefficient (Wildman–Crippen LogP) is 2.29. The maximum absolute atomic E-state index is 9.43. The molecule has 0 saturated carbocycles. The first-order valence-corrected chi connectivity index (χ1v) is 7.57. The van der Waals surface area contributed by atoms with E-state index in [1.165, 1.54) is 6.07 Å². The van der Waals surface area contributed by atoms with Crippen molar-refractivity contribution in [2.45, 2.75) is 6.42 Å². The fourth-order valence-corrected chi connectivity index (χ4v) is 2.29. The molecule has 0 unspecified atom stereocenters. The van der Waals surface area contributed by atoms with Gasteiger partial charge in [0, 0.05) is 0 Å². The Morgan fingerprint density at radius 3 is 2.50 bits per heavy atom. The van der Waals surface area contributed by atoms with Gasteiger partial charge in [0.05, 0.1) is 0 Å². The summed E-state index contributed by atoms with van der Waals surface area (Å²) in [5.74, 6) is 0.579. The third kappa shape index (κ3) is 4.69. The van der Waals surface area contributed by atoms with Crippen molar-refractivity contribution < 1.29 is 14.9 Å². The maximum atomic E-state index is 9.43. The van der Waals surface area contributed by atoms with Gasteiger partial charge in [-0.15, -0.1) is 0 Å². The van der Waals surface area contributed by atoms with Crippen molar-refractivity contribution in [3.05, 3.63) is 48.0 Å². The first-order valence-electron chi connectivity index (χ1n) is 6.72. The van der Waals surface area contributed by atoms with Crippen LogP contribution in [0.1, 0.15) is 5.56 Å². The fraction of sp³-hybridized carbons (Fsp3) is 0.188. The first-order chi connectivity index (χ1) is 10.6. The molecular weight excluding hydrogens is 347 g/mol. The van der Waals surface area contributed by atoms with Crippen LogP contribution in [0.15, 0.2) is 47.5 Å². The standard InChI is InChI=1S/C16H17N2O3Se/c1-21-13-5-3-12(4-6-13)18-16(22)17-9-8-11-2-7-14(19)15(20)10-11/h2-7,10,19-20H,8-9H2,1H3,(H,17,18). The number of nitrogens with one attached hydrogen (secondary N) is 1. The molecule has 2 aromatic carbocycles. The van der Waals surface area contributed by atoms with Gasteiger partial charge >= 0.3 is 137 Å². The second-order valence-electron chi connectivity index (χ2n) is 4.61. The van der Waals surface area contributed by atoms with E-state index in [9.17, 15) is 10.2 Å². The van der Waals surface area contributed by atoms with Crippen LogP contribution in [0, 0.1) is 0 Å². The molecule has 0 aliphatic carbocycles. The Morgan fingerprint density at radius 2 is 1.86 bits per heavy atom. The Hall–Kier alpha value is -2.17. The first kappa shape index (κ1) is 16.2. The summed E-state index contributed by atoms with van der Waals surface area (Å²) in [5.41, 5.74) is 1.83.